The Labute approximate surface area is 121 Å². The molecule has 116 valence electrons. The maximum Gasteiger partial charge on any atom is 0.220 e. The second-order valence-electron chi connectivity index (χ2n) is 4.96. The van der Waals surface area contributed by atoms with Crippen molar-refractivity contribution < 1.29 is 9.59 Å². The van der Waals surface area contributed by atoms with Gasteiger partial charge in [-0.05, 0) is 19.3 Å². The van der Waals surface area contributed by atoms with Gasteiger partial charge in [0.15, 0.2) is 5.96 Å². The van der Waals surface area contributed by atoms with Crippen LogP contribution in [0.15, 0.2) is 0 Å². The minimum Gasteiger partial charge on any atom is -0.370 e. The first kappa shape index (κ1) is 18.4. The van der Waals surface area contributed by atoms with Crippen molar-refractivity contribution >= 4 is 18.2 Å². The van der Waals surface area contributed by atoms with E-state index in [1.165, 1.54) is 12.8 Å². The van der Waals surface area contributed by atoms with Crippen molar-refractivity contribution in [3.63, 3.8) is 0 Å². The molecule has 0 saturated carbocycles. The molecule has 0 aliphatic carbocycles. The SMILES string of the molecule is CCCCCCCC(=O)NC(C=O)CCCNC(=N)N. The molecule has 0 bridgehead atoms. The van der Waals surface area contributed by atoms with Crippen LogP contribution >= 0.6 is 0 Å². The Bertz CT molecular complexity index is 295. The van der Waals surface area contributed by atoms with E-state index in [1.807, 2.05) is 0 Å². The zero-order chi connectivity index (χ0) is 15.2. The predicted octanol–water partition coefficient (Wildman–Crippen LogP) is 1.29. The van der Waals surface area contributed by atoms with Gasteiger partial charge in [0, 0.05) is 13.0 Å². The molecule has 6 nitrogen and oxygen atoms in total. The fraction of sp³-hybridized carbons (Fsp3) is 0.786. The van der Waals surface area contributed by atoms with Crippen molar-refractivity contribution in [1.82, 2.24) is 10.6 Å². The normalized spacial score (nSPS) is 11.7. The van der Waals surface area contributed by atoms with Crippen LogP contribution in [0.25, 0.3) is 0 Å². The van der Waals surface area contributed by atoms with E-state index in [4.69, 9.17) is 11.1 Å². The molecule has 0 rings (SSSR count). The van der Waals surface area contributed by atoms with Gasteiger partial charge in [-0.15, -0.1) is 0 Å². The van der Waals surface area contributed by atoms with Gasteiger partial charge in [-0.25, -0.2) is 0 Å². The highest BCUT2D eigenvalue weighted by Gasteiger charge is 2.10. The van der Waals surface area contributed by atoms with E-state index in [9.17, 15) is 9.59 Å². The summed E-state index contributed by atoms with van der Waals surface area (Å²) in [5.74, 6) is -0.137. The predicted molar refractivity (Wildman–Crippen MR) is 80.5 cm³/mol. The summed E-state index contributed by atoms with van der Waals surface area (Å²) in [7, 11) is 0. The lowest BCUT2D eigenvalue weighted by Crippen LogP contribution is -2.37. The lowest BCUT2D eigenvalue weighted by atomic mass is 10.1. The lowest BCUT2D eigenvalue weighted by molar-refractivity contribution is -0.124. The fourth-order valence-electron chi connectivity index (χ4n) is 1.89. The largest absolute Gasteiger partial charge is 0.370 e. The van der Waals surface area contributed by atoms with Gasteiger partial charge in [-0.3, -0.25) is 10.2 Å². The Morgan fingerprint density at radius 3 is 2.55 bits per heavy atom. The third-order valence-electron chi connectivity index (χ3n) is 3.03. The van der Waals surface area contributed by atoms with E-state index in [1.54, 1.807) is 0 Å². The molecule has 20 heavy (non-hydrogen) atoms. The average Bonchev–Trinajstić information content (AvgIpc) is 2.41. The number of carbonyl (C=O) groups is 2. The van der Waals surface area contributed by atoms with Gasteiger partial charge < -0.3 is 21.2 Å². The zero-order valence-electron chi connectivity index (χ0n) is 12.4. The van der Waals surface area contributed by atoms with Gasteiger partial charge in [0.1, 0.15) is 6.29 Å². The van der Waals surface area contributed by atoms with E-state index in [0.29, 0.717) is 25.8 Å². The molecule has 0 heterocycles. The minimum absolute atomic E-state index is 0.0573. The van der Waals surface area contributed by atoms with E-state index >= 15 is 0 Å². The monoisotopic (exact) mass is 284 g/mol. The van der Waals surface area contributed by atoms with Gasteiger partial charge >= 0.3 is 0 Å². The first-order valence-electron chi connectivity index (χ1n) is 7.42. The van der Waals surface area contributed by atoms with E-state index in [0.717, 1.165) is 25.5 Å². The molecule has 1 unspecified atom stereocenters. The molecule has 6 heteroatoms. The summed E-state index contributed by atoms with van der Waals surface area (Å²) in [6, 6.07) is -0.438. The average molecular weight is 284 g/mol. The molecule has 0 aromatic heterocycles. The van der Waals surface area contributed by atoms with Gasteiger partial charge in [-0.1, -0.05) is 32.6 Å². The molecule has 0 spiro atoms. The van der Waals surface area contributed by atoms with Gasteiger partial charge in [0.05, 0.1) is 6.04 Å². The minimum atomic E-state index is -0.438. The standard InChI is InChI=1S/C14H28N4O2/c1-2-3-4-5-6-9-13(20)18-12(11-19)8-7-10-17-14(15)16/h11-12H,2-10H2,1H3,(H,18,20)(H4,15,16,17). The Morgan fingerprint density at radius 1 is 1.25 bits per heavy atom. The maximum atomic E-state index is 11.6. The number of carbonyl (C=O) groups excluding carboxylic acids is 2. The van der Waals surface area contributed by atoms with E-state index in [2.05, 4.69) is 17.6 Å². The van der Waals surface area contributed by atoms with E-state index in [-0.39, 0.29) is 11.9 Å². The van der Waals surface area contributed by atoms with Crippen LogP contribution in [-0.2, 0) is 9.59 Å². The number of unbranched alkanes of at least 4 members (excludes halogenated alkanes) is 4. The molecule has 0 radical (unpaired) electrons. The lowest BCUT2D eigenvalue weighted by Gasteiger charge is -2.13. The van der Waals surface area contributed by atoms with Crippen LogP contribution in [0, 0.1) is 5.41 Å². The molecular formula is C14H28N4O2. The summed E-state index contributed by atoms with van der Waals surface area (Å²) >= 11 is 0. The second-order valence-corrected chi connectivity index (χ2v) is 4.96. The highest BCUT2D eigenvalue weighted by Crippen LogP contribution is 2.05. The summed E-state index contributed by atoms with van der Waals surface area (Å²) in [4.78, 5) is 22.5. The highest BCUT2D eigenvalue weighted by atomic mass is 16.2. The summed E-state index contributed by atoms with van der Waals surface area (Å²) in [5, 5.41) is 12.4. The van der Waals surface area contributed by atoms with Crippen molar-refractivity contribution in [3.8, 4) is 0 Å². The van der Waals surface area contributed by atoms with Crippen molar-refractivity contribution in [3.05, 3.63) is 0 Å². The molecule has 0 saturated heterocycles. The Hall–Kier alpha value is -1.59. The van der Waals surface area contributed by atoms with Crippen LogP contribution in [0.4, 0.5) is 0 Å². The van der Waals surface area contributed by atoms with Crippen molar-refractivity contribution in [2.75, 3.05) is 6.54 Å². The number of hydrogen-bond acceptors (Lipinski definition) is 3. The number of rotatable bonds is 12. The number of hydrogen-bond donors (Lipinski definition) is 4. The Balaban J connectivity index is 3.67. The molecule has 0 aromatic carbocycles. The van der Waals surface area contributed by atoms with Crippen molar-refractivity contribution in [2.45, 2.75) is 64.3 Å². The number of nitrogens with one attached hydrogen (secondary N) is 3. The van der Waals surface area contributed by atoms with Crippen LogP contribution in [0.1, 0.15) is 58.3 Å². The zero-order valence-corrected chi connectivity index (χ0v) is 12.4. The fourth-order valence-corrected chi connectivity index (χ4v) is 1.89. The second kappa shape index (κ2) is 12.4. The van der Waals surface area contributed by atoms with Crippen LogP contribution in [-0.4, -0.2) is 30.7 Å². The third kappa shape index (κ3) is 11.5. The van der Waals surface area contributed by atoms with Crippen LogP contribution < -0.4 is 16.4 Å². The summed E-state index contributed by atoms with van der Waals surface area (Å²) < 4.78 is 0. The molecule has 5 N–H and O–H groups in total. The van der Waals surface area contributed by atoms with Gasteiger partial charge in [-0.2, -0.15) is 0 Å². The summed E-state index contributed by atoms with van der Waals surface area (Å²) in [6.45, 7) is 2.69. The topological polar surface area (TPSA) is 108 Å². The Morgan fingerprint density at radius 2 is 1.95 bits per heavy atom. The summed E-state index contributed by atoms with van der Waals surface area (Å²) in [5.41, 5.74) is 5.14. The van der Waals surface area contributed by atoms with Crippen molar-refractivity contribution in [1.29, 1.82) is 5.41 Å². The quantitative estimate of drug-likeness (QED) is 0.187. The highest BCUT2D eigenvalue weighted by molar-refractivity contribution is 5.79. The number of nitrogens with two attached hydrogens (primary N) is 1. The van der Waals surface area contributed by atoms with Gasteiger partial charge in [0.25, 0.3) is 0 Å². The molecule has 0 aliphatic rings. The van der Waals surface area contributed by atoms with Gasteiger partial charge in [0.2, 0.25) is 5.91 Å². The first-order valence-corrected chi connectivity index (χ1v) is 7.42. The molecular weight excluding hydrogens is 256 g/mol. The molecule has 0 aromatic rings. The van der Waals surface area contributed by atoms with E-state index < -0.39 is 6.04 Å². The van der Waals surface area contributed by atoms with Crippen LogP contribution in [0.2, 0.25) is 0 Å². The van der Waals surface area contributed by atoms with Crippen LogP contribution in [0.3, 0.4) is 0 Å². The molecule has 1 amide bonds. The molecule has 0 aliphatic heterocycles. The first-order chi connectivity index (χ1) is 9.60. The molecule has 1 atom stereocenters. The number of amides is 1. The summed E-state index contributed by atoms with van der Waals surface area (Å²) in [6.07, 6.45) is 8.00. The number of aldehydes is 1. The smallest absolute Gasteiger partial charge is 0.220 e. The third-order valence-corrected chi connectivity index (χ3v) is 3.03. The maximum absolute atomic E-state index is 11.6. The Kier molecular flexibility index (Phi) is 11.5. The number of guanidine groups is 1. The molecule has 0 fully saturated rings. The van der Waals surface area contributed by atoms with Crippen molar-refractivity contribution in [2.24, 2.45) is 5.73 Å². The van der Waals surface area contributed by atoms with Crippen LogP contribution in [0.5, 0.6) is 0 Å².